The van der Waals surface area contributed by atoms with Gasteiger partial charge in [-0.3, -0.25) is 5.41 Å². The Morgan fingerprint density at radius 3 is 2.62 bits per heavy atom. The zero-order chi connectivity index (χ0) is 16.9. The predicted octanol–water partition coefficient (Wildman–Crippen LogP) is 1.53. The van der Waals surface area contributed by atoms with Crippen molar-refractivity contribution < 1.29 is 9.47 Å². The molecular weight excluding hydrogens is 308 g/mol. The van der Waals surface area contributed by atoms with Crippen LogP contribution in [-0.4, -0.2) is 33.2 Å². The van der Waals surface area contributed by atoms with Crippen LogP contribution in [0, 0.1) is 5.41 Å². The van der Waals surface area contributed by atoms with E-state index < -0.39 is 0 Å². The number of nitrogens with zero attached hydrogens (tertiary/aromatic N) is 4. The van der Waals surface area contributed by atoms with E-state index in [9.17, 15) is 0 Å². The van der Waals surface area contributed by atoms with Crippen molar-refractivity contribution in [3.05, 3.63) is 59.9 Å². The molecule has 2 aromatic carbocycles. The van der Waals surface area contributed by atoms with Gasteiger partial charge in [-0.05, 0) is 46.3 Å². The van der Waals surface area contributed by atoms with Crippen molar-refractivity contribution in [1.82, 2.24) is 20.2 Å². The third-order valence-corrected chi connectivity index (χ3v) is 3.42. The van der Waals surface area contributed by atoms with Crippen LogP contribution in [0.4, 0.5) is 0 Å². The van der Waals surface area contributed by atoms with E-state index in [4.69, 9.17) is 20.6 Å². The van der Waals surface area contributed by atoms with Gasteiger partial charge < -0.3 is 15.2 Å². The molecule has 8 heteroatoms. The Kier molecular flexibility index (Phi) is 4.37. The number of ether oxygens (including phenoxy) is 2. The molecule has 122 valence electrons. The van der Waals surface area contributed by atoms with E-state index in [-0.39, 0.29) is 5.84 Å². The first-order chi connectivity index (χ1) is 11.7. The molecule has 3 rings (SSSR count). The number of nitrogens with one attached hydrogen (secondary N) is 1. The number of nitrogen functional groups attached to an aromatic ring is 1. The Morgan fingerprint density at radius 2 is 2.00 bits per heavy atom. The standard InChI is InChI=1S/C16H16N6O2/c1-23-13-5-2-11(3-6-13)9-24-15-7-4-12(16(17)18)8-14(15)22-10-19-20-21-22/h2-8,10H,9H2,1H3,(H3,17,18). The molecule has 3 N–H and O–H groups in total. The monoisotopic (exact) mass is 324 g/mol. The van der Waals surface area contributed by atoms with Gasteiger partial charge in [0, 0.05) is 5.56 Å². The lowest BCUT2D eigenvalue weighted by Crippen LogP contribution is -2.12. The van der Waals surface area contributed by atoms with Crippen LogP contribution in [0.5, 0.6) is 11.5 Å². The second-order valence-electron chi connectivity index (χ2n) is 4.99. The fraction of sp³-hybridized carbons (Fsp3) is 0.125. The van der Waals surface area contributed by atoms with Crippen LogP contribution >= 0.6 is 0 Å². The smallest absolute Gasteiger partial charge is 0.145 e. The van der Waals surface area contributed by atoms with Crippen LogP contribution in [0.15, 0.2) is 48.8 Å². The molecule has 3 aromatic rings. The van der Waals surface area contributed by atoms with Crippen molar-refractivity contribution in [2.24, 2.45) is 5.73 Å². The van der Waals surface area contributed by atoms with Gasteiger partial charge in [0.05, 0.1) is 7.11 Å². The fourth-order valence-electron chi connectivity index (χ4n) is 2.14. The molecule has 0 spiro atoms. The van der Waals surface area contributed by atoms with Gasteiger partial charge in [0.15, 0.2) is 0 Å². The Hall–Kier alpha value is -3.42. The van der Waals surface area contributed by atoms with Crippen LogP contribution < -0.4 is 15.2 Å². The molecule has 0 fully saturated rings. The summed E-state index contributed by atoms with van der Waals surface area (Å²) in [6, 6.07) is 12.8. The van der Waals surface area contributed by atoms with Crippen molar-refractivity contribution >= 4 is 5.84 Å². The fourth-order valence-corrected chi connectivity index (χ4v) is 2.14. The summed E-state index contributed by atoms with van der Waals surface area (Å²) in [6.45, 7) is 0.374. The molecule has 1 heterocycles. The average Bonchev–Trinajstić information content (AvgIpc) is 3.14. The summed E-state index contributed by atoms with van der Waals surface area (Å²) in [6.07, 6.45) is 1.46. The lowest BCUT2D eigenvalue weighted by atomic mass is 10.1. The van der Waals surface area contributed by atoms with Gasteiger partial charge in [-0.1, -0.05) is 12.1 Å². The molecule has 0 atom stereocenters. The van der Waals surface area contributed by atoms with Gasteiger partial charge in [0.1, 0.15) is 36.0 Å². The van der Waals surface area contributed by atoms with Gasteiger partial charge in [0.2, 0.25) is 0 Å². The molecule has 0 bridgehead atoms. The van der Waals surface area contributed by atoms with E-state index in [0.717, 1.165) is 11.3 Å². The Balaban J connectivity index is 1.85. The summed E-state index contributed by atoms with van der Waals surface area (Å²) in [5, 5.41) is 18.7. The third kappa shape index (κ3) is 3.32. The highest BCUT2D eigenvalue weighted by Gasteiger charge is 2.10. The van der Waals surface area contributed by atoms with E-state index in [1.165, 1.54) is 11.0 Å². The average molecular weight is 324 g/mol. The van der Waals surface area contributed by atoms with Gasteiger partial charge in [-0.25, -0.2) is 0 Å². The first-order valence-electron chi connectivity index (χ1n) is 7.15. The molecule has 0 unspecified atom stereocenters. The van der Waals surface area contributed by atoms with E-state index in [2.05, 4.69) is 15.5 Å². The first kappa shape index (κ1) is 15.5. The minimum atomic E-state index is -0.0361. The van der Waals surface area contributed by atoms with Gasteiger partial charge in [-0.2, -0.15) is 4.68 Å². The topological polar surface area (TPSA) is 112 Å². The summed E-state index contributed by atoms with van der Waals surface area (Å²) in [5.74, 6) is 1.34. The number of amidine groups is 1. The normalized spacial score (nSPS) is 10.4. The number of benzene rings is 2. The number of hydrogen-bond donors (Lipinski definition) is 2. The predicted molar refractivity (Wildman–Crippen MR) is 87.5 cm³/mol. The van der Waals surface area contributed by atoms with Crippen molar-refractivity contribution in [1.29, 1.82) is 5.41 Å². The highest BCUT2D eigenvalue weighted by Crippen LogP contribution is 2.24. The van der Waals surface area contributed by atoms with Crippen LogP contribution in [0.25, 0.3) is 5.69 Å². The van der Waals surface area contributed by atoms with E-state index in [0.29, 0.717) is 23.6 Å². The third-order valence-electron chi connectivity index (χ3n) is 3.42. The molecular formula is C16H16N6O2. The van der Waals surface area contributed by atoms with Crippen LogP contribution in [-0.2, 0) is 6.61 Å². The second-order valence-corrected chi connectivity index (χ2v) is 4.99. The molecule has 1 aromatic heterocycles. The van der Waals surface area contributed by atoms with Crippen molar-refractivity contribution in [3.8, 4) is 17.2 Å². The minimum Gasteiger partial charge on any atom is -0.497 e. The van der Waals surface area contributed by atoms with Crippen molar-refractivity contribution in [2.75, 3.05) is 7.11 Å². The van der Waals surface area contributed by atoms with E-state index in [1.54, 1.807) is 25.3 Å². The summed E-state index contributed by atoms with van der Waals surface area (Å²) < 4.78 is 12.5. The van der Waals surface area contributed by atoms with Crippen LogP contribution in [0.1, 0.15) is 11.1 Å². The van der Waals surface area contributed by atoms with Crippen molar-refractivity contribution in [3.63, 3.8) is 0 Å². The Morgan fingerprint density at radius 1 is 1.21 bits per heavy atom. The molecule has 0 amide bonds. The number of hydrogen-bond acceptors (Lipinski definition) is 6. The highest BCUT2D eigenvalue weighted by molar-refractivity contribution is 5.95. The second kappa shape index (κ2) is 6.78. The summed E-state index contributed by atoms with van der Waals surface area (Å²) in [5.41, 5.74) is 7.72. The highest BCUT2D eigenvalue weighted by atomic mass is 16.5. The molecule has 0 saturated heterocycles. The molecule has 0 aliphatic rings. The first-order valence-corrected chi connectivity index (χ1v) is 7.15. The van der Waals surface area contributed by atoms with Crippen molar-refractivity contribution in [2.45, 2.75) is 6.61 Å². The van der Waals surface area contributed by atoms with Gasteiger partial charge >= 0.3 is 0 Å². The van der Waals surface area contributed by atoms with Gasteiger partial charge in [-0.15, -0.1) is 5.10 Å². The molecule has 0 saturated carbocycles. The Labute approximate surface area is 138 Å². The number of nitrogens with two attached hydrogens (primary N) is 1. The number of rotatable bonds is 6. The Bertz CT molecular complexity index is 830. The molecule has 0 radical (unpaired) electrons. The maximum absolute atomic E-state index is 7.57. The van der Waals surface area contributed by atoms with Crippen LogP contribution in [0.3, 0.4) is 0 Å². The van der Waals surface area contributed by atoms with Gasteiger partial charge in [0.25, 0.3) is 0 Å². The van der Waals surface area contributed by atoms with Crippen LogP contribution in [0.2, 0.25) is 0 Å². The lowest BCUT2D eigenvalue weighted by Gasteiger charge is -2.12. The molecule has 8 nitrogen and oxygen atoms in total. The molecule has 24 heavy (non-hydrogen) atoms. The number of aromatic nitrogens is 4. The minimum absolute atomic E-state index is 0.0361. The molecule has 0 aliphatic carbocycles. The summed E-state index contributed by atoms with van der Waals surface area (Å²) in [4.78, 5) is 0. The maximum atomic E-state index is 7.57. The number of tetrazole rings is 1. The zero-order valence-electron chi connectivity index (χ0n) is 13.0. The quantitative estimate of drug-likeness (QED) is 0.525. The largest absolute Gasteiger partial charge is 0.497 e. The maximum Gasteiger partial charge on any atom is 0.145 e. The summed E-state index contributed by atoms with van der Waals surface area (Å²) >= 11 is 0. The molecule has 0 aliphatic heterocycles. The lowest BCUT2D eigenvalue weighted by molar-refractivity contribution is 0.304. The van der Waals surface area contributed by atoms with E-state index in [1.807, 2.05) is 24.3 Å². The summed E-state index contributed by atoms with van der Waals surface area (Å²) in [7, 11) is 1.63. The SMILES string of the molecule is COc1ccc(COc2ccc(C(=N)N)cc2-n2cnnn2)cc1. The number of methoxy groups -OCH3 is 1. The zero-order valence-corrected chi connectivity index (χ0v) is 13.0. The van der Waals surface area contributed by atoms with E-state index >= 15 is 0 Å².